The Morgan fingerprint density at radius 2 is 1.50 bits per heavy atom. The van der Waals surface area contributed by atoms with Gasteiger partial charge in [0.15, 0.2) is 0 Å². The van der Waals surface area contributed by atoms with E-state index in [0.29, 0.717) is 5.52 Å². The van der Waals surface area contributed by atoms with Crippen LogP contribution in [0.1, 0.15) is 0 Å². The Balaban J connectivity index is 1.53. The van der Waals surface area contributed by atoms with Crippen LogP contribution in [0.5, 0.6) is 5.75 Å². The lowest BCUT2D eigenvalue weighted by Gasteiger charge is -2.15. The quantitative estimate of drug-likeness (QED) is 0.268. The van der Waals surface area contributed by atoms with Gasteiger partial charge in [-0.15, -0.1) is 11.3 Å². The fraction of sp³-hybridized carbons (Fsp3) is 0. The third kappa shape index (κ3) is 2.89. The second kappa shape index (κ2) is 7.37. The van der Waals surface area contributed by atoms with Crippen LogP contribution in [-0.4, -0.2) is 15.1 Å². The Morgan fingerprint density at radius 1 is 0.676 bits per heavy atom. The average molecular weight is 455 g/mol. The standard InChI is InChI=1S/C30H18N2OS/c33-29-24(14-11-18-7-5-15-31-28(18)29)27-22-8-2-1-6-19(22)16-21-17-20(12-13-23(21)27)30-32-25-9-3-4-10-26(25)34-30/h1-17,33H. The molecule has 7 rings (SSSR count). The van der Waals surface area contributed by atoms with E-state index in [9.17, 15) is 5.11 Å². The van der Waals surface area contributed by atoms with E-state index in [-0.39, 0.29) is 5.75 Å². The number of pyridine rings is 1. The molecule has 0 saturated heterocycles. The van der Waals surface area contributed by atoms with Crippen molar-refractivity contribution >= 4 is 54.0 Å². The van der Waals surface area contributed by atoms with E-state index in [1.807, 2.05) is 42.5 Å². The minimum absolute atomic E-state index is 0.214. The molecule has 0 amide bonds. The van der Waals surface area contributed by atoms with E-state index in [2.05, 4.69) is 59.6 Å². The van der Waals surface area contributed by atoms with Crippen molar-refractivity contribution in [2.24, 2.45) is 0 Å². The first-order chi connectivity index (χ1) is 16.8. The van der Waals surface area contributed by atoms with Crippen molar-refractivity contribution in [1.29, 1.82) is 0 Å². The van der Waals surface area contributed by atoms with Crippen LogP contribution < -0.4 is 0 Å². The molecule has 0 radical (unpaired) electrons. The van der Waals surface area contributed by atoms with E-state index < -0.39 is 0 Å². The molecule has 0 aliphatic rings. The molecule has 7 aromatic rings. The first-order valence-electron chi connectivity index (χ1n) is 11.1. The Labute approximate surface area is 199 Å². The molecule has 2 heterocycles. The number of benzene rings is 5. The summed E-state index contributed by atoms with van der Waals surface area (Å²) in [6.07, 6.45) is 1.72. The van der Waals surface area contributed by atoms with Crippen LogP contribution in [0.25, 0.3) is 64.4 Å². The number of hydrogen-bond donors (Lipinski definition) is 1. The fourth-order valence-electron chi connectivity index (χ4n) is 4.82. The number of para-hydroxylation sites is 1. The van der Waals surface area contributed by atoms with Crippen molar-refractivity contribution in [2.45, 2.75) is 0 Å². The summed E-state index contributed by atoms with van der Waals surface area (Å²) in [4.78, 5) is 9.30. The summed E-state index contributed by atoms with van der Waals surface area (Å²) in [5.41, 5.74) is 4.55. The molecule has 1 N–H and O–H groups in total. The zero-order chi connectivity index (χ0) is 22.6. The van der Waals surface area contributed by atoms with Crippen molar-refractivity contribution in [2.75, 3.05) is 0 Å². The second-order valence-electron chi connectivity index (χ2n) is 8.43. The zero-order valence-electron chi connectivity index (χ0n) is 18.1. The van der Waals surface area contributed by atoms with Gasteiger partial charge in [-0.1, -0.05) is 60.7 Å². The number of fused-ring (bicyclic) bond motifs is 4. The Hall–Kier alpha value is -4.28. The molecule has 160 valence electrons. The summed E-state index contributed by atoms with van der Waals surface area (Å²) in [5.74, 6) is 0.214. The molecule has 5 aromatic carbocycles. The second-order valence-corrected chi connectivity index (χ2v) is 9.46. The third-order valence-corrected chi connectivity index (χ3v) is 7.51. The first kappa shape index (κ1) is 19.2. The Morgan fingerprint density at radius 3 is 2.44 bits per heavy atom. The van der Waals surface area contributed by atoms with Gasteiger partial charge in [0.2, 0.25) is 0 Å². The summed E-state index contributed by atoms with van der Waals surface area (Å²) >= 11 is 1.71. The predicted octanol–water partition coefficient (Wildman–Crippen LogP) is 8.19. The van der Waals surface area contributed by atoms with E-state index in [0.717, 1.165) is 54.1 Å². The highest BCUT2D eigenvalue weighted by Gasteiger charge is 2.17. The molecule has 4 heteroatoms. The van der Waals surface area contributed by atoms with Crippen LogP contribution in [0.15, 0.2) is 103 Å². The van der Waals surface area contributed by atoms with Gasteiger partial charge in [0, 0.05) is 28.3 Å². The maximum absolute atomic E-state index is 11.3. The molecule has 0 saturated carbocycles. The topological polar surface area (TPSA) is 46.0 Å². The van der Waals surface area contributed by atoms with E-state index in [1.54, 1.807) is 17.5 Å². The average Bonchev–Trinajstić information content (AvgIpc) is 3.32. The molecule has 0 atom stereocenters. The lowest BCUT2D eigenvalue weighted by molar-refractivity contribution is 0.482. The van der Waals surface area contributed by atoms with Gasteiger partial charge in [-0.25, -0.2) is 4.98 Å². The third-order valence-electron chi connectivity index (χ3n) is 6.42. The van der Waals surface area contributed by atoms with Gasteiger partial charge in [0.25, 0.3) is 0 Å². The lowest BCUT2D eigenvalue weighted by atomic mass is 9.90. The molecule has 3 nitrogen and oxygen atoms in total. The van der Waals surface area contributed by atoms with Crippen molar-refractivity contribution in [3.63, 3.8) is 0 Å². The smallest absolute Gasteiger partial charge is 0.149 e. The number of aromatic nitrogens is 2. The minimum Gasteiger partial charge on any atom is -0.505 e. The molecule has 0 aliphatic heterocycles. The van der Waals surface area contributed by atoms with E-state index in [1.165, 1.54) is 4.70 Å². The summed E-state index contributed by atoms with van der Waals surface area (Å²) in [5, 5.41) is 17.6. The monoisotopic (exact) mass is 454 g/mol. The van der Waals surface area contributed by atoms with E-state index in [4.69, 9.17) is 4.98 Å². The van der Waals surface area contributed by atoms with Gasteiger partial charge in [0.1, 0.15) is 16.3 Å². The number of nitrogens with zero attached hydrogens (tertiary/aromatic N) is 2. The molecule has 0 fully saturated rings. The maximum Gasteiger partial charge on any atom is 0.149 e. The Kier molecular flexibility index (Phi) is 4.16. The molecule has 0 unspecified atom stereocenters. The van der Waals surface area contributed by atoms with Crippen LogP contribution in [0, 0.1) is 0 Å². The minimum atomic E-state index is 0.214. The molecule has 34 heavy (non-hydrogen) atoms. The van der Waals surface area contributed by atoms with Crippen molar-refractivity contribution in [3.8, 4) is 27.4 Å². The SMILES string of the molecule is Oc1c(-c2c3ccccc3cc3cc(-c4nc5ccccc5s4)ccc23)ccc2cccnc12. The normalized spacial score (nSPS) is 11.6. The highest BCUT2D eigenvalue weighted by molar-refractivity contribution is 7.21. The van der Waals surface area contributed by atoms with Gasteiger partial charge in [-0.2, -0.15) is 0 Å². The highest BCUT2D eigenvalue weighted by Crippen LogP contribution is 2.43. The fourth-order valence-corrected chi connectivity index (χ4v) is 5.79. The number of rotatable bonds is 2. The van der Waals surface area contributed by atoms with Crippen LogP contribution in [-0.2, 0) is 0 Å². The van der Waals surface area contributed by atoms with Gasteiger partial charge < -0.3 is 5.11 Å². The largest absolute Gasteiger partial charge is 0.505 e. The summed E-state index contributed by atoms with van der Waals surface area (Å²) in [6.45, 7) is 0. The highest BCUT2D eigenvalue weighted by atomic mass is 32.1. The Bertz CT molecular complexity index is 1850. The molecule has 0 bridgehead atoms. The molecule has 0 aliphatic carbocycles. The number of phenolic OH excluding ortho intramolecular Hbond substituents is 1. The van der Waals surface area contributed by atoms with Crippen LogP contribution in [0.3, 0.4) is 0 Å². The molecule has 0 spiro atoms. The van der Waals surface area contributed by atoms with Crippen molar-refractivity contribution in [1.82, 2.24) is 9.97 Å². The number of thiazole rings is 1. The summed E-state index contributed by atoms with van der Waals surface area (Å²) < 4.78 is 1.19. The van der Waals surface area contributed by atoms with Gasteiger partial charge in [0.05, 0.1) is 10.2 Å². The van der Waals surface area contributed by atoms with Crippen LogP contribution >= 0.6 is 11.3 Å². The summed E-state index contributed by atoms with van der Waals surface area (Å²) in [7, 11) is 0. The summed E-state index contributed by atoms with van der Waals surface area (Å²) in [6, 6.07) is 33.2. The lowest BCUT2D eigenvalue weighted by Crippen LogP contribution is -1.89. The predicted molar refractivity (Wildman–Crippen MR) is 142 cm³/mol. The van der Waals surface area contributed by atoms with Crippen molar-refractivity contribution < 1.29 is 5.11 Å². The first-order valence-corrected chi connectivity index (χ1v) is 12.0. The number of phenols is 1. The molecule has 2 aromatic heterocycles. The van der Waals surface area contributed by atoms with Gasteiger partial charge in [-0.3, -0.25) is 4.98 Å². The molecular weight excluding hydrogens is 436 g/mol. The van der Waals surface area contributed by atoms with Gasteiger partial charge in [-0.05, 0) is 57.9 Å². The van der Waals surface area contributed by atoms with Crippen molar-refractivity contribution in [3.05, 3.63) is 103 Å². The number of aromatic hydroxyl groups is 1. The van der Waals surface area contributed by atoms with E-state index >= 15 is 0 Å². The maximum atomic E-state index is 11.3. The zero-order valence-corrected chi connectivity index (χ0v) is 18.9. The molecular formula is C30H18N2OS. The number of hydrogen-bond acceptors (Lipinski definition) is 4. The van der Waals surface area contributed by atoms with Crippen LogP contribution in [0.4, 0.5) is 0 Å². The van der Waals surface area contributed by atoms with Crippen LogP contribution in [0.2, 0.25) is 0 Å². The van der Waals surface area contributed by atoms with Gasteiger partial charge >= 0.3 is 0 Å².